The number of hydrogen-bond acceptors (Lipinski definition) is 1. The van der Waals surface area contributed by atoms with Crippen LogP contribution in [0.25, 0.3) is 0 Å². The number of rotatable bonds is 5. The van der Waals surface area contributed by atoms with E-state index in [0.29, 0.717) is 17.8 Å². The lowest BCUT2D eigenvalue weighted by atomic mass is 9.47. The first-order chi connectivity index (χ1) is 16.0. The van der Waals surface area contributed by atoms with Gasteiger partial charge in [0.05, 0.1) is 6.10 Å². The Kier molecular flexibility index (Phi) is 6.93. The molecule has 0 aromatic carbocycles. The van der Waals surface area contributed by atoms with Crippen LogP contribution in [0.5, 0.6) is 0 Å². The predicted molar refractivity (Wildman–Crippen MR) is 120 cm³/mol. The molecule has 35 heavy (non-hydrogen) atoms. The Bertz CT molecular complexity index is 803. The van der Waals surface area contributed by atoms with E-state index in [1.807, 2.05) is 6.92 Å². The molecule has 3 fully saturated rings. The molecule has 0 aromatic rings. The molecule has 0 amide bonds. The fourth-order valence-corrected chi connectivity index (χ4v) is 8.93. The highest BCUT2D eigenvalue weighted by molar-refractivity contribution is 5.25. The van der Waals surface area contributed by atoms with Crippen molar-refractivity contribution in [3.05, 3.63) is 11.6 Å². The molecular formula is C27H39F7O. The molecule has 1 N–H and O–H groups in total. The highest BCUT2D eigenvalue weighted by Crippen LogP contribution is 2.67. The topological polar surface area (TPSA) is 20.2 Å². The van der Waals surface area contributed by atoms with Crippen LogP contribution in [-0.2, 0) is 0 Å². The van der Waals surface area contributed by atoms with Gasteiger partial charge < -0.3 is 5.11 Å². The van der Waals surface area contributed by atoms with Crippen LogP contribution in [0.15, 0.2) is 11.6 Å². The van der Waals surface area contributed by atoms with Gasteiger partial charge in [-0.1, -0.05) is 38.8 Å². The van der Waals surface area contributed by atoms with Crippen molar-refractivity contribution in [1.82, 2.24) is 0 Å². The van der Waals surface area contributed by atoms with E-state index >= 15 is 0 Å². The highest BCUT2D eigenvalue weighted by atomic mass is 19.4. The van der Waals surface area contributed by atoms with Gasteiger partial charge in [-0.3, -0.25) is 0 Å². The quantitative estimate of drug-likeness (QED) is 0.289. The minimum Gasteiger partial charge on any atom is -0.393 e. The largest absolute Gasteiger partial charge is 0.431 e. The SMILES string of the molecule is C[C@H](CCCC(F)(C(F)(F)F)C(F)(F)F)[C@H]1CC[C@H]2[C@@H]3CC=C4CC(O)CC[C@]4(C)[C@H]3CC[C@]12C. The van der Waals surface area contributed by atoms with Gasteiger partial charge in [0.2, 0.25) is 0 Å². The van der Waals surface area contributed by atoms with E-state index in [1.165, 1.54) is 5.57 Å². The minimum absolute atomic E-state index is 0.0112. The normalized spacial score (nSPS) is 41.0. The number of allylic oxidation sites excluding steroid dienone is 1. The van der Waals surface area contributed by atoms with Crippen molar-refractivity contribution in [3.63, 3.8) is 0 Å². The molecule has 0 radical (unpaired) electrons. The summed E-state index contributed by atoms with van der Waals surface area (Å²) in [5.41, 5.74) is -3.62. The third-order valence-corrected chi connectivity index (χ3v) is 10.9. The summed E-state index contributed by atoms with van der Waals surface area (Å²) in [5, 5.41) is 10.2. The third-order valence-electron chi connectivity index (χ3n) is 10.9. The Morgan fingerprint density at radius 2 is 1.60 bits per heavy atom. The van der Waals surface area contributed by atoms with Crippen molar-refractivity contribution in [2.75, 3.05) is 0 Å². The lowest BCUT2D eigenvalue weighted by Crippen LogP contribution is -2.53. The average molecular weight is 513 g/mol. The Morgan fingerprint density at radius 1 is 0.943 bits per heavy atom. The van der Waals surface area contributed by atoms with E-state index in [9.17, 15) is 35.8 Å². The molecule has 0 aliphatic heterocycles. The van der Waals surface area contributed by atoms with Crippen molar-refractivity contribution in [1.29, 1.82) is 0 Å². The summed E-state index contributed by atoms with van der Waals surface area (Å²) in [6.07, 6.45) is -4.06. The zero-order chi connectivity index (χ0) is 26.0. The zero-order valence-corrected chi connectivity index (χ0v) is 20.9. The van der Waals surface area contributed by atoms with Gasteiger partial charge in [0.25, 0.3) is 5.67 Å². The number of aliphatic hydroxyl groups excluding tert-OH is 1. The van der Waals surface area contributed by atoms with E-state index in [4.69, 9.17) is 0 Å². The molecule has 0 saturated heterocycles. The van der Waals surface area contributed by atoms with Crippen LogP contribution >= 0.6 is 0 Å². The van der Waals surface area contributed by atoms with Crippen molar-refractivity contribution in [3.8, 4) is 0 Å². The summed E-state index contributed by atoms with van der Waals surface area (Å²) in [7, 11) is 0. The first kappa shape index (κ1) is 27.3. The van der Waals surface area contributed by atoms with Crippen molar-refractivity contribution < 1.29 is 35.8 Å². The standard InChI is InChI=1S/C27H39F7O/c1-16(5-4-12-25(28,26(29,30)31)27(32,33)34)20-8-9-21-19-7-6-17-15-18(35)10-13-23(17,2)22(19)11-14-24(20,21)3/h6,16,18-22,35H,4-5,7-15H2,1-3H3/t16-,18?,19+,20-,21+,22+,23+,24-/m1/s1. The van der Waals surface area contributed by atoms with Gasteiger partial charge in [-0.15, -0.1) is 0 Å². The fourth-order valence-electron chi connectivity index (χ4n) is 8.93. The van der Waals surface area contributed by atoms with Crippen LogP contribution in [0, 0.1) is 40.4 Å². The maximum absolute atomic E-state index is 14.1. The molecule has 8 atom stereocenters. The number of hydrogen-bond donors (Lipinski definition) is 1. The van der Waals surface area contributed by atoms with Crippen molar-refractivity contribution >= 4 is 0 Å². The molecule has 0 heterocycles. The molecule has 0 aromatic heterocycles. The molecule has 0 bridgehead atoms. The van der Waals surface area contributed by atoms with Gasteiger partial charge in [0, 0.05) is 0 Å². The summed E-state index contributed by atoms with van der Waals surface area (Å²) in [4.78, 5) is 0. The van der Waals surface area contributed by atoms with E-state index in [2.05, 4.69) is 19.9 Å². The molecule has 8 heteroatoms. The lowest BCUT2D eigenvalue weighted by Gasteiger charge is -2.58. The van der Waals surface area contributed by atoms with E-state index in [-0.39, 0.29) is 35.2 Å². The van der Waals surface area contributed by atoms with Gasteiger partial charge in [0.1, 0.15) is 0 Å². The maximum atomic E-state index is 14.1. The second-order valence-electron chi connectivity index (χ2n) is 12.6. The van der Waals surface area contributed by atoms with Crippen LogP contribution in [-0.4, -0.2) is 29.2 Å². The minimum atomic E-state index is -5.96. The van der Waals surface area contributed by atoms with E-state index in [1.54, 1.807) is 0 Å². The Morgan fingerprint density at radius 3 is 2.23 bits per heavy atom. The Labute approximate surface area is 203 Å². The smallest absolute Gasteiger partial charge is 0.393 e. The summed E-state index contributed by atoms with van der Waals surface area (Å²) >= 11 is 0. The highest BCUT2D eigenvalue weighted by Gasteiger charge is 2.71. The average Bonchev–Trinajstić information content (AvgIpc) is 3.09. The number of halogens is 7. The lowest BCUT2D eigenvalue weighted by molar-refractivity contribution is -0.343. The Balaban J connectivity index is 1.43. The van der Waals surface area contributed by atoms with Gasteiger partial charge >= 0.3 is 12.4 Å². The molecule has 0 spiro atoms. The molecule has 1 unspecified atom stereocenters. The van der Waals surface area contributed by atoms with Gasteiger partial charge in [0.15, 0.2) is 0 Å². The molecule has 4 rings (SSSR count). The Hall–Kier alpha value is -0.790. The summed E-state index contributed by atoms with van der Waals surface area (Å²) in [6.45, 7) is 6.55. The van der Waals surface area contributed by atoms with Crippen LogP contribution in [0.2, 0.25) is 0 Å². The molecule has 4 aliphatic carbocycles. The molecular weight excluding hydrogens is 473 g/mol. The molecule has 4 aliphatic rings. The van der Waals surface area contributed by atoms with Crippen LogP contribution in [0.3, 0.4) is 0 Å². The van der Waals surface area contributed by atoms with Gasteiger partial charge in [-0.05, 0) is 105 Å². The maximum Gasteiger partial charge on any atom is 0.431 e. The number of aliphatic hydroxyl groups is 1. The van der Waals surface area contributed by atoms with Crippen molar-refractivity contribution in [2.24, 2.45) is 40.4 Å². The molecule has 1 nitrogen and oxygen atoms in total. The fraction of sp³-hybridized carbons (Fsp3) is 0.926. The van der Waals surface area contributed by atoms with Crippen molar-refractivity contribution in [2.45, 2.75) is 116 Å². The number of alkyl halides is 7. The first-order valence-electron chi connectivity index (χ1n) is 13.2. The zero-order valence-electron chi connectivity index (χ0n) is 20.9. The second-order valence-corrected chi connectivity index (χ2v) is 12.6. The predicted octanol–water partition coefficient (Wildman–Crippen LogP) is 8.57. The molecule has 202 valence electrons. The van der Waals surface area contributed by atoms with Crippen LogP contribution in [0.4, 0.5) is 30.7 Å². The second kappa shape index (κ2) is 8.90. The summed E-state index contributed by atoms with van der Waals surface area (Å²) in [5.74, 6) is 1.76. The van der Waals surface area contributed by atoms with Crippen LogP contribution < -0.4 is 0 Å². The first-order valence-corrected chi connectivity index (χ1v) is 13.2. The van der Waals surface area contributed by atoms with Gasteiger partial charge in [-0.2, -0.15) is 26.3 Å². The van der Waals surface area contributed by atoms with E-state index in [0.717, 1.165) is 51.4 Å². The molecule has 3 saturated carbocycles. The monoisotopic (exact) mass is 512 g/mol. The van der Waals surface area contributed by atoms with E-state index < -0.39 is 30.9 Å². The summed E-state index contributed by atoms with van der Waals surface area (Å²) < 4.78 is 91.6. The third kappa shape index (κ3) is 4.35. The van der Waals surface area contributed by atoms with Gasteiger partial charge in [-0.25, -0.2) is 4.39 Å². The summed E-state index contributed by atoms with van der Waals surface area (Å²) in [6, 6.07) is 0. The number of fused-ring (bicyclic) bond motifs is 5. The van der Waals surface area contributed by atoms with Crippen LogP contribution in [0.1, 0.15) is 91.4 Å².